The topological polar surface area (TPSA) is 54.4 Å². The summed E-state index contributed by atoms with van der Waals surface area (Å²) in [7, 11) is 7.07. The molecule has 260 valence electrons. The highest BCUT2D eigenvalue weighted by atomic mass is 31.1. The highest BCUT2D eigenvalue weighted by Gasteiger charge is 2.31. The van der Waals surface area contributed by atoms with Crippen molar-refractivity contribution in [1.29, 1.82) is 0 Å². The number of Topliss-reactive ketones (excluding diaryl/α,β-unsaturated/α-hetero) is 1. The lowest BCUT2D eigenvalue weighted by Crippen LogP contribution is -2.40. The fraction of sp³-hybridized carbons (Fsp3) is 0.897. The molecule has 5 heteroatoms. The van der Waals surface area contributed by atoms with E-state index in [4.69, 9.17) is 5.11 Å². The molecule has 1 aliphatic rings. The van der Waals surface area contributed by atoms with E-state index in [0.717, 1.165) is 38.9 Å². The number of carbonyl (C=O) groups is 2. The molecule has 0 aromatic rings. The van der Waals surface area contributed by atoms with E-state index in [-0.39, 0.29) is 23.8 Å². The van der Waals surface area contributed by atoms with Crippen LogP contribution in [0, 0.1) is 5.92 Å². The number of rotatable bonds is 30. The monoisotopic (exact) mass is 638 g/mol. The van der Waals surface area contributed by atoms with Crippen molar-refractivity contribution in [1.82, 2.24) is 0 Å². The van der Waals surface area contributed by atoms with Gasteiger partial charge in [-0.3, -0.25) is 4.79 Å². The van der Waals surface area contributed by atoms with Gasteiger partial charge in [0.2, 0.25) is 0 Å². The largest absolute Gasteiger partial charge is 0.460 e. The molecule has 1 saturated heterocycles. The number of hydrogen-bond acceptors (Lipinski definition) is 3. The van der Waals surface area contributed by atoms with Crippen LogP contribution in [0.4, 0.5) is 0 Å². The maximum atomic E-state index is 12.6. The Labute approximate surface area is 277 Å². The molecular formula is C39H76NO3P. The Bertz CT molecular complexity index is 687. The third-order valence-electron chi connectivity index (χ3n) is 8.85. The number of unbranched alkanes of at least 4 members (excludes halogenated alkanes) is 21. The lowest BCUT2D eigenvalue weighted by molar-refractivity contribution is -0.870. The molecule has 0 bridgehead atoms. The zero-order valence-electron chi connectivity index (χ0n) is 30.3. The first-order valence-electron chi connectivity index (χ1n) is 19.1. The van der Waals surface area contributed by atoms with Crippen LogP contribution in [-0.4, -0.2) is 60.9 Å². The van der Waals surface area contributed by atoms with Crippen molar-refractivity contribution < 1.29 is 19.2 Å². The second-order valence-electron chi connectivity index (χ2n) is 14.4. The third-order valence-corrected chi connectivity index (χ3v) is 10.3. The molecule has 1 N–H and O–H groups in total. The first kappa shape index (κ1) is 43.4. The molecule has 0 saturated carbocycles. The van der Waals surface area contributed by atoms with Gasteiger partial charge >= 0.3 is 0 Å². The molecule has 0 aliphatic carbocycles. The minimum absolute atomic E-state index is 0.197. The van der Waals surface area contributed by atoms with E-state index >= 15 is 0 Å². The predicted octanol–water partition coefficient (Wildman–Crippen LogP) is 11.5. The predicted molar refractivity (Wildman–Crippen MR) is 195 cm³/mol. The fourth-order valence-corrected chi connectivity index (χ4v) is 7.15. The average Bonchev–Trinajstić information content (AvgIpc) is 2.97. The number of carbonyl (C=O) groups excluding carboxylic acids is 2. The molecular weight excluding hydrogens is 561 g/mol. The number of hydrogen-bond donors (Lipinski definition) is 1. The van der Waals surface area contributed by atoms with Crippen molar-refractivity contribution >= 4 is 19.9 Å². The Morgan fingerprint density at radius 1 is 0.659 bits per heavy atom. The number of nitrogens with zero attached hydrogens (tertiary/aromatic N) is 1. The summed E-state index contributed by atoms with van der Waals surface area (Å²) < 4.78 is 0.844. The quantitative estimate of drug-likeness (QED) is 0.0280. The van der Waals surface area contributed by atoms with Gasteiger partial charge in [0.1, 0.15) is 12.3 Å². The number of likely N-dealkylation sites (N-methyl/N-ethyl adjacent to an activating group) is 1. The van der Waals surface area contributed by atoms with Gasteiger partial charge in [-0.05, 0) is 37.6 Å². The number of ketones is 1. The zero-order valence-corrected chi connectivity index (χ0v) is 31.2. The van der Waals surface area contributed by atoms with Crippen LogP contribution in [0.3, 0.4) is 0 Å². The van der Waals surface area contributed by atoms with Gasteiger partial charge in [-0.15, -0.1) is 5.66 Å². The second-order valence-corrected chi connectivity index (χ2v) is 15.7. The summed E-state index contributed by atoms with van der Waals surface area (Å²) in [4.78, 5) is 24.8. The summed E-state index contributed by atoms with van der Waals surface area (Å²) in [6.07, 6.45) is 37.9. The van der Waals surface area contributed by atoms with E-state index in [1.807, 2.05) is 0 Å². The van der Waals surface area contributed by atoms with Crippen molar-refractivity contribution in [2.24, 2.45) is 5.92 Å². The Morgan fingerprint density at radius 3 is 1.45 bits per heavy atom. The summed E-state index contributed by atoms with van der Waals surface area (Å²) >= 11 is 0. The highest BCUT2D eigenvalue weighted by Crippen LogP contribution is 2.46. The number of quaternary nitrogens is 1. The smallest absolute Gasteiger partial charge is 0.138 e. The number of aliphatic hydroxyl groups is 1. The fourth-order valence-electron chi connectivity index (χ4n) is 5.83. The average molecular weight is 638 g/mol. The van der Waals surface area contributed by atoms with Gasteiger partial charge in [-0.2, -0.15) is 0 Å². The van der Waals surface area contributed by atoms with Crippen LogP contribution in [0.5, 0.6) is 0 Å². The van der Waals surface area contributed by atoms with E-state index in [2.05, 4.69) is 47.1 Å². The lowest BCUT2D eigenvalue weighted by atomic mass is 9.92. The number of allylic oxidation sites excluding steroid dienone is 2. The Balaban J connectivity index is 0.00000234. The van der Waals surface area contributed by atoms with Crippen LogP contribution in [0.2, 0.25) is 0 Å². The van der Waals surface area contributed by atoms with Gasteiger partial charge in [-0.1, -0.05) is 154 Å². The van der Waals surface area contributed by atoms with E-state index in [0.29, 0.717) is 12.1 Å². The Morgan fingerprint density at radius 2 is 1.07 bits per heavy atom. The molecule has 4 nitrogen and oxygen atoms in total. The summed E-state index contributed by atoms with van der Waals surface area (Å²) in [5.41, 5.74) is 0.521. The molecule has 44 heavy (non-hydrogen) atoms. The summed E-state index contributed by atoms with van der Waals surface area (Å²) in [5.74, 6) is -0.00864. The molecule has 1 aliphatic heterocycles. The molecule has 1 fully saturated rings. The SMILES string of the molecule is CCCCCCCCC=CCCCCCC1[P-]C(=O)C1C(=O)CCCCCCCCCCCCCCC.C[N+](C)(C)CCO. The minimum Gasteiger partial charge on any atom is -0.460 e. The molecule has 0 amide bonds. The Kier molecular flexibility index (Phi) is 30.6. The van der Waals surface area contributed by atoms with Crippen molar-refractivity contribution in [3.05, 3.63) is 12.2 Å². The van der Waals surface area contributed by atoms with E-state index in [1.165, 1.54) is 141 Å². The van der Waals surface area contributed by atoms with Gasteiger partial charge < -0.3 is 23.0 Å². The summed E-state index contributed by atoms with van der Waals surface area (Å²) in [6, 6.07) is 0. The van der Waals surface area contributed by atoms with Crippen LogP contribution in [0.25, 0.3) is 0 Å². The van der Waals surface area contributed by atoms with Crippen molar-refractivity contribution in [2.45, 2.75) is 186 Å². The first-order chi connectivity index (χ1) is 21.3. The second kappa shape index (κ2) is 31.1. The molecule has 0 radical (unpaired) electrons. The molecule has 2 atom stereocenters. The van der Waals surface area contributed by atoms with Crippen LogP contribution in [-0.2, 0) is 9.59 Å². The summed E-state index contributed by atoms with van der Waals surface area (Å²) in [5, 5.41) is 8.39. The van der Waals surface area contributed by atoms with Crippen molar-refractivity contribution in [3.8, 4) is 0 Å². The normalized spacial score (nSPS) is 17.2. The molecule has 0 aromatic carbocycles. The van der Waals surface area contributed by atoms with Gasteiger partial charge in [0.15, 0.2) is 0 Å². The third kappa shape index (κ3) is 27.7. The maximum Gasteiger partial charge on any atom is 0.138 e. The molecule has 0 aromatic heterocycles. The maximum absolute atomic E-state index is 12.6. The zero-order chi connectivity index (χ0) is 32.7. The first-order valence-corrected chi connectivity index (χ1v) is 20.1. The van der Waals surface area contributed by atoms with Gasteiger partial charge in [0, 0.05) is 12.3 Å². The van der Waals surface area contributed by atoms with Crippen LogP contribution in [0.1, 0.15) is 181 Å². The minimum atomic E-state index is -0.254. The molecule has 0 spiro atoms. The van der Waals surface area contributed by atoms with Crippen LogP contribution in [0.15, 0.2) is 12.2 Å². The molecule has 1 heterocycles. The lowest BCUT2D eigenvalue weighted by Gasteiger charge is -2.48. The van der Waals surface area contributed by atoms with Crippen molar-refractivity contribution in [3.63, 3.8) is 0 Å². The van der Waals surface area contributed by atoms with Crippen molar-refractivity contribution in [2.75, 3.05) is 34.3 Å². The van der Waals surface area contributed by atoms with Gasteiger partial charge in [-0.25, -0.2) is 0 Å². The van der Waals surface area contributed by atoms with Gasteiger partial charge in [0.25, 0.3) is 0 Å². The van der Waals surface area contributed by atoms with Crippen LogP contribution >= 0.6 is 8.58 Å². The van der Waals surface area contributed by atoms with Gasteiger partial charge in [0.05, 0.1) is 27.7 Å². The Hall–Kier alpha value is -0.570. The number of aliphatic hydroxyl groups excluding tert-OH is 1. The molecule has 2 unspecified atom stereocenters. The highest BCUT2D eigenvalue weighted by molar-refractivity contribution is 7.62. The van der Waals surface area contributed by atoms with Crippen LogP contribution < -0.4 is 0 Å². The van der Waals surface area contributed by atoms with E-state index in [1.54, 1.807) is 0 Å². The van der Waals surface area contributed by atoms with E-state index < -0.39 is 0 Å². The molecule has 1 rings (SSSR count). The standard InChI is InChI=1S/C34H62O2P.C5H14NO/c1-3-5-7-9-11-13-15-17-19-21-23-25-27-29-31(35)33-32(37-34(33)36)30-28-26-24-22-20-18-16-14-12-10-8-6-4-2;1-6(2,3)4-5-7/h18,20,32-33H,3-17,19,21-30H2,1-2H3;7H,4-5H2,1-3H3/q-1;+1. The summed E-state index contributed by atoms with van der Waals surface area (Å²) in [6.45, 7) is 5.66. The van der Waals surface area contributed by atoms with E-state index in [9.17, 15) is 9.59 Å².